The Morgan fingerprint density at radius 3 is 2.40 bits per heavy atom. The lowest BCUT2D eigenvalue weighted by atomic mass is 10.1. The van der Waals surface area contributed by atoms with Crippen LogP contribution in [0.1, 0.15) is 6.92 Å². The summed E-state index contributed by atoms with van der Waals surface area (Å²) in [5.41, 5.74) is 0.146. The third kappa shape index (κ3) is 4.68. The summed E-state index contributed by atoms with van der Waals surface area (Å²) in [5.74, 6) is -0.721. The van der Waals surface area contributed by atoms with Crippen molar-refractivity contribution >= 4 is 12.3 Å². The van der Waals surface area contributed by atoms with E-state index in [2.05, 4.69) is 11.3 Å². The number of aliphatic hydroxyl groups is 3. The van der Waals surface area contributed by atoms with E-state index < -0.39 is 30.9 Å². The summed E-state index contributed by atoms with van der Waals surface area (Å²) >= 11 is 0. The van der Waals surface area contributed by atoms with Crippen LogP contribution in [-0.4, -0.2) is 52.5 Å². The van der Waals surface area contributed by atoms with E-state index in [1.807, 2.05) is 0 Å². The molecule has 0 radical (unpaired) electrons. The predicted octanol–water partition coefficient (Wildman–Crippen LogP) is -1.61. The first-order chi connectivity index (χ1) is 6.90. The molecule has 6 heteroatoms. The van der Waals surface area contributed by atoms with Crippen LogP contribution >= 0.6 is 0 Å². The zero-order valence-corrected chi connectivity index (χ0v) is 8.29. The van der Waals surface area contributed by atoms with Crippen molar-refractivity contribution in [1.29, 1.82) is 0 Å². The molecule has 3 N–H and O–H groups in total. The zero-order valence-electron chi connectivity index (χ0n) is 8.29. The Morgan fingerprint density at radius 2 is 2.00 bits per heavy atom. The second-order valence-corrected chi connectivity index (χ2v) is 3.06. The quantitative estimate of drug-likeness (QED) is 0.281. The molecule has 0 saturated carbocycles. The minimum Gasteiger partial charge on any atom is -0.459 e. The summed E-state index contributed by atoms with van der Waals surface area (Å²) in [6.45, 7) is 4.21. The highest BCUT2D eigenvalue weighted by Crippen LogP contribution is 2.01. The van der Waals surface area contributed by atoms with Gasteiger partial charge in [-0.15, -0.1) is 0 Å². The molecule has 0 aromatic carbocycles. The van der Waals surface area contributed by atoms with Crippen molar-refractivity contribution in [1.82, 2.24) is 0 Å². The van der Waals surface area contributed by atoms with Gasteiger partial charge in [0.1, 0.15) is 24.9 Å². The van der Waals surface area contributed by atoms with Gasteiger partial charge in [0.15, 0.2) is 6.29 Å². The van der Waals surface area contributed by atoms with Gasteiger partial charge in [-0.2, -0.15) is 0 Å². The van der Waals surface area contributed by atoms with Crippen LogP contribution in [0.15, 0.2) is 12.2 Å². The Hall–Kier alpha value is -1.24. The summed E-state index contributed by atoms with van der Waals surface area (Å²) in [4.78, 5) is 20.9. The van der Waals surface area contributed by atoms with Crippen molar-refractivity contribution in [2.45, 2.75) is 25.2 Å². The molecule has 15 heavy (non-hydrogen) atoms. The normalized spacial score (nSPS) is 16.3. The summed E-state index contributed by atoms with van der Waals surface area (Å²) in [5, 5.41) is 27.1. The molecule has 0 aliphatic heterocycles. The van der Waals surface area contributed by atoms with Gasteiger partial charge < -0.3 is 24.9 Å². The van der Waals surface area contributed by atoms with Gasteiger partial charge in [-0.3, -0.25) is 0 Å². The number of esters is 1. The molecule has 0 aromatic heterocycles. The first kappa shape index (κ1) is 13.8. The molecule has 0 aliphatic rings. The summed E-state index contributed by atoms with van der Waals surface area (Å²) in [6.07, 6.45) is -4.83. The number of ether oxygens (including phenoxy) is 1. The molecule has 0 aliphatic carbocycles. The van der Waals surface area contributed by atoms with Gasteiger partial charge in [-0.1, -0.05) is 6.58 Å². The predicted molar refractivity (Wildman–Crippen MR) is 49.9 cm³/mol. The van der Waals surface area contributed by atoms with Gasteiger partial charge in [0.25, 0.3) is 0 Å². The summed E-state index contributed by atoms with van der Waals surface area (Å²) in [7, 11) is 0. The molecule has 0 unspecified atom stereocenters. The van der Waals surface area contributed by atoms with Gasteiger partial charge in [0.2, 0.25) is 0 Å². The van der Waals surface area contributed by atoms with Crippen molar-refractivity contribution < 1.29 is 29.6 Å². The number of aldehydes is 1. The van der Waals surface area contributed by atoms with Crippen LogP contribution in [0.25, 0.3) is 0 Å². The van der Waals surface area contributed by atoms with E-state index in [1.165, 1.54) is 6.92 Å². The van der Waals surface area contributed by atoms with E-state index >= 15 is 0 Å². The number of carbonyl (C=O) groups is 2. The number of hydrogen-bond donors (Lipinski definition) is 3. The number of aliphatic hydroxyl groups excluding tert-OH is 3. The molecule has 6 nitrogen and oxygen atoms in total. The zero-order chi connectivity index (χ0) is 12.0. The van der Waals surface area contributed by atoms with Crippen LogP contribution in [0.5, 0.6) is 0 Å². The van der Waals surface area contributed by atoms with Gasteiger partial charge in [0, 0.05) is 5.57 Å². The molecule has 0 saturated heterocycles. The summed E-state index contributed by atoms with van der Waals surface area (Å²) < 4.78 is 4.51. The number of hydrogen-bond acceptors (Lipinski definition) is 6. The largest absolute Gasteiger partial charge is 0.459 e. The smallest absolute Gasteiger partial charge is 0.333 e. The third-order valence-electron chi connectivity index (χ3n) is 1.62. The molecular weight excluding hydrogens is 204 g/mol. The van der Waals surface area contributed by atoms with Gasteiger partial charge >= 0.3 is 5.97 Å². The van der Waals surface area contributed by atoms with Crippen molar-refractivity contribution in [2.75, 3.05) is 6.61 Å². The molecule has 0 aromatic rings. The number of rotatable bonds is 6. The lowest BCUT2D eigenvalue weighted by Crippen LogP contribution is -2.41. The topological polar surface area (TPSA) is 104 Å². The Labute approximate surface area is 86.8 Å². The summed E-state index contributed by atoms with van der Waals surface area (Å²) in [6, 6.07) is 0. The fourth-order valence-electron chi connectivity index (χ4n) is 0.691. The Morgan fingerprint density at radius 1 is 1.47 bits per heavy atom. The number of carbonyl (C=O) groups excluding carboxylic acids is 2. The molecule has 0 fully saturated rings. The standard InChI is InChI=1S/C9H14O6/c1-5(2)9(14)15-4-7(12)8(13)6(11)3-10/h3,6-8,11-13H,1,4H2,2H3/t6-,7-,8-/m1/s1. The van der Waals surface area contributed by atoms with Crippen LogP contribution in [0, 0.1) is 0 Å². The third-order valence-corrected chi connectivity index (χ3v) is 1.62. The maximum atomic E-state index is 10.9. The van der Waals surface area contributed by atoms with E-state index in [1.54, 1.807) is 0 Å². The second-order valence-electron chi connectivity index (χ2n) is 3.06. The molecule has 0 heterocycles. The molecule has 0 rings (SSSR count). The van der Waals surface area contributed by atoms with Crippen molar-refractivity contribution in [3.8, 4) is 0 Å². The van der Waals surface area contributed by atoms with E-state index in [0.717, 1.165) is 0 Å². The lowest BCUT2D eigenvalue weighted by Gasteiger charge is -2.18. The highest BCUT2D eigenvalue weighted by Gasteiger charge is 2.25. The van der Waals surface area contributed by atoms with Gasteiger partial charge in [0.05, 0.1) is 0 Å². The fourth-order valence-corrected chi connectivity index (χ4v) is 0.691. The van der Waals surface area contributed by atoms with Crippen molar-refractivity contribution in [3.63, 3.8) is 0 Å². The Bertz CT molecular complexity index is 249. The first-order valence-electron chi connectivity index (χ1n) is 4.22. The SMILES string of the molecule is C=C(C)C(=O)OC[C@@H](O)[C@H](O)[C@H](O)C=O. The lowest BCUT2D eigenvalue weighted by molar-refractivity contribution is -0.148. The highest BCUT2D eigenvalue weighted by atomic mass is 16.5. The van der Waals surface area contributed by atoms with Crippen LogP contribution in [0.2, 0.25) is 0 Å². The molecule has 3 atom stereocenters. The van der Waals surface area contributed by atoms with Crippen LogP contribution in [-0.2, 0) is 14.3 Å². The highest BCUT2D eigenvalue weighted by molar-refractivity contribution is 5.86. The molecule has 0 spiro atoms. The van der Waals surface area contributed by atoms with Gasteiger partial charge in [-0.05, 0) is 6.92 Å². The fraction of sp³-hybridized carbons (Fsp3) is 0.556. The van der Waals surface area contributed by atoms with Gasteiger partial charge in [-0.25, -0.2) is 4.79 Å². The first-order valence-corrected chi connectivity index (χ1v) is 4.22. The maximum Gasteiger partial charge on any atom is 0.333 e. The van der Waals surface area contributed by atoms with E-state index in [9.17, 15) is 14.7 Å². The van der Waals surface area contributed by atoms with E-state index in [4.69, 9.17) is 10.2 Å². The minimum atomic E-state index is -1.71. The van der Waals surface area contributed by atoms with Crippen LogP contribution in [0.3, 0.4) is 0 Å². The average Bonchev–Trinajstić information content (AvgIpc) is 2.22. The van der Waals surface area contributed by atoms with E-state index in [-0.39, 0.29) is 11.9 Å². The maximum absolute atomic E-state index is 10.9. The Balaban J connectivity index is 4.03. The average molecular weight is 218 g/mol. The van der Waals surface area contributed by atoms with Crippen molar-refractivity contribution in [2.24, 2.45) is 0 Å². The molecule has 0 amide bonds. The van der Waals surface area contributed by atoms with Crippen LogP contribution < -0.4 is 0 Å². The molecule has 0 bridgehead atoms. The molecular formula is C9H14O6. The van der Waals surface area contributed by atoms with Crippen molar-refractivity contribution in [3.05, 3.63) is 12.2 Å². The van der Waals surface area contributed by atoms with Crippen LogP contribution in [0.4, 0.5) is 0 Å². The van der Waals surface area contributed by atoms with E-state index in [0.29, 0.717) is 0 Å². The Kier molecular flexibility index (Phi) is 5.76. The minimum absolute atomic E-state index is 0.0778. The monoisotopic (exact) mass is 218 g/mol. The molecule has 86 valence electrons. The second kappa shape index (κ2) is 6.28.